The SMILES string of the molecule is [2H]c1c([2H])c([2H])c(-c2c3c([2H])c([2H])c([2H])c([2H])c3c(-c3ccc4oc5ccc(-c6cccc(-c7ccccc7)c6)cc5c4c3)c3c([2H])c([2H])c([2H])c([2H])c23)c([2H])c1[2H]. The fourth-order valence-electron chi connectivity index (χ4n) is 6.16. The van der Waals surface area contributed by atoms with Crippen LogP contribution in [-0.4, -0.2) is 0 Å². The van der Waals surface area contributed by atoms with E-state index in [0.717, 1.165) is 27.6 Å². The molecule has 0 saturated carbocycles. The van der Waals surface area contributed by atoms with Gasteiger partial charge in [-0.2, -0.15) is 0 Å². The van der Waals surface area contributed by atoms with Crippen molar-refractivity contribution in [2.24, 2.45) is 0 Å². The Morgan fingerprint density at radius 3 is 1.42 bits per heavy atom. The highest BCUT2D eigenvalue weighted by Crippen LogP contribution is 2.45. The molecular formula is C44H28O. The lowest BCUT2D eigenvalue weighted by Crippen LogP contribution is -1.90. The maximum absolute atomic E-state index is 9.26. The molecule has 1 heterocycles. The van der Waals surface area contributed by atoms with Gasteiger partial charge in [-0.15, -0.1) is 0 Å². The molecule has 8 aromatic carbocycles. The zero-order valence-corrected chi connectivity index (χ0v) is 23.6. The van der Waals surface area contributed by atoms with Crippen molar-refractivity contribution in [3.05, 3.63) is 170 Å². The van der Waals surface area contributed by atoms with Gasteiger partial charge < -0.3 is 4.42 Å². The maximum Gasteiger partial charge on any atom is 0.135 e. The average Bonchev–Trinajstić information content (AvgIpc) is 3.61. The first-order valence-corrected chi connectivity index (χ1v) is 14.4. The van der Waals surface area contributed by atoms with E-state index in [1.807, 2.05) is 66.7 Å². The molecule has 0 aliphatic rings. The third kappa shape index (κ3) is 4.24. The molecule has 9 rings (SSSR count). The van der Waals surface area contributed by atoms with Crippen LogP contribution in [0.15, 0.2) is 174 Å². The van der Waals surface area contributed by atoms with Crippen LogP contribution in [0.3, 0.4) is 0 Å². The van der Waals surface area contributed by atoms with E-state index in [-0.39, 0.29) is 32.7 Å². The van der Waals surface area contributed by atoms with Gasteiger partial charge >= 0.3 is 0 Å². The van der Waals surface area contributed by atoms with E-state index < -0.39 is 84.1 Å². The standard InChI is InChI=1S/C44H28O/c1-3-12-29(13-4-1)31-16-11-17-32(26-31)33-22-24-41-39(27-33)40-28-34(23-25-42(40)45-41)44-37-20-9-7-18-35(37)43(30-14-5-2-6-15-30)36-19-8-10-21-38(36)44/h1-28H/i2D,5D,6D,7D,8D,9D,10D,14D,15D,18D,19D,20D,21D. The Hall–Kier alpha value is -5.92. The topological polar surface area (TPSA) is 13.1 Å². The van der Waals surface area contributed by atoms with Crippen molar-refractivity contribution in [3.63, 3.8) is 0 Å². The van der Waals surface area contributed by atoms with Crippen LogP contribution in [0.5, 0.6) is 0 Å². The molecular weight excluding hydrogens is 544 g/mol. The van der Waals surface area contributed by atoms with Crippen LogP contribution in [0.2, 0.25) is 0 Å². The molecule has 0 radical (unpaired) electrons. The van der Waals surface area contributed by atoms with E-state index >= 15 is 0 Å². The fourth-order valence-corrected chi connectivity index (χ4v) is 6.16. The molecule has 0 atom stereocenters. The van der Waals surface area contributed by atoms with Crippen LogP contribution in [0.4, 0.5) is 0 Å². The number of rotatable bonds is 4. The van der Waals surface area contributed by atoms with Crippen molar-refractivity contribution in [1.29, 1.82) is 0 Å². The normalized spacial score (nSPS) is 15.6. The van der Waals surface area contributed by atoms with Crippen molar-refractivity contribution < 1.29 is 22.2 Å². The van der Waals surface area contributed by atoms with E-state index in [1.165, 1.54) is 0 Å². The van der Waals surface area contributed by atoms with Gasteiger partial charge in [0.25, 0.3) is 0 Å². The van der Waals surface area contributed by atoms with Gasteiger partial charge in [0.05, 0.1) is 17.8 Å². The molecule has 0 amide bonds. The second-order valence-corrected chi connectivity index (χ2v) is 10.7. The Balaban J connectivity index is 1.41. The summed E-state index contributed by atoms with van der Waals surface area (Å²) in [5, 5.41) is 0.565. The van der Waals surface area contributed by atoms with E-state index in [1.54, 1.807) is 18.2 Å². The van der Waals surface area contributed by atoms with Gasteiger partial charge in [-0.05, 0) is 96.4 Å². The Kier molecular flexibility index (Phi) is 3.62. The van der Waals surface area contributed by atoms with E-state index in [0.29, 0.717) is 22.1 Å². The molecule has 0 aliphatic heterocycles. The van der Waals surface area contributed by atoms with Gasteiger partial charge in [-0.3, -0.25) is 0 Å². The van der Waals surface area contributed by atoms with Gasteiger partial charge in [0, 0.05) is 10.8 Å². The molecule has 210 valence electrons. The highest BCUT2D eigenvalue weighted by atomic mass is 16.3. The zero-order chi connectivity index (χ0) is 41.1. The zero-order valence-electron chi connectivity index (χ0n) is 36.6. The van der Waals surface area contributed by atoms with Crippen LogP contribution >= 0.6 is 0 Å². The second-order valence-electron chi connectivity index (χ2n) is 10.7. The van der Waals surface area contributed by atoms with Gasteiger partial charge in [0.1, 0.15) is 11.2 Å². The Bertz CT molecular complexity index is 3150. The summed E-state index contributed by atoms with van der Waals surface area (Å²) in [5.74, 6) is 0. The molecule has 1 nitrogen and oxygen atoms in total. The lowest BCUT2D eigenvalue weighted by atomic mass is 9.86. The van der Waals surface area contributed by atoms with Gasteiger partial charge in [0.15, 0.2) is 0 Å². The quantitative estimate of drug-likeness (QED) is 0.187. The largest absolute Gasteiger partial charge is 0.456 e. The first-order valence-electron chi connectivity index (χ1n) is 20.9. The summed E-state index contributed by atoms with van der Waals surface area (Å²) in [4.78, 5) is 0. The van der Waals surface area contributed by atoms with Crippen LogP contribution in [0.25, 0.3) is 88.0 Å². The number of furan rings is 1. The maximum atomic E-state index is 9.26. The highest BCUT2D eigenvalue weighted by molar-refractivity contribution is 6.22. The van der Waals surface area contributed by atoms with Gasteiger partial charge in [0.2, 0.25) is 0 Å². The Morgan fingerprint density at radius 1 is 0.333 bits per heavy atom. The van der Waals surface area contributed by atoms with Gasteiger partial charge in [-0.25, -0.2) is 0 Å². The average molecular weight is 586 g/mol. The molecule has 9 aromatic rings. The first-order chi connectivity index (χ1) is 27.7. The molecule has 0 fully saturated rings. The second kappa shape index (κ2) is 10.4. The molecule has 45 heavy (non-hydrogen) atoms. The minimum Gasteiger partial charge on any atom is -0.456 e. The summed E-state index contributed by atoms with van der Waals surface area (Å²) in [7, 11) is 0. The van der Waals surface area contributed by atoms with Crippen LogP contribution in [0, 0.1) is 0 Å². The third-order valence-corrected chi connectivity index (χ3v) is 8.19. The molecule has 0 spiro atoms. The van der Waals surface area contributed by atoms with E-state index in [9.17, 15) is 5.48 Å². The molecule has 1 heteroatoms. The lowest BCUT2D eigenvalue weighted by molar-refractivity contribution is 0.669. The van der Waals surface area contributed by atoms with Crippen molar-refractivity contribution in [3.8, 4) is 44.5 Å². The Labute approximate surface area is 279 Å². The predicted octanol–water partition coefficient (Wildman–Crippen LogP) is 12.6. The van der Waals surface area contributed by atoms with Crippen molar-refractivity contribution in [2.45, 2.75) is 0 Å². The highest BCUT2D eigenvalue weighted by Gasteiger charge is 2.18. The summed E-state index contributed by atoms with van der Waals surface area (Å²) < 4.78 is 121. The number of hydrogen-bond donors (Lipinski definition) is 0. The minimum absolute atomic E-state index is 0.0584. The third-order valence-electron chi connectivity index (χ3n) is 8.19. The minimum atomic E-state index is -0.716. The summed E-state index contributed by atoms with van der Waals surface area (Å²) in [6.45, 7) is 0. The molecule has 0 bridgehead atoms. The Morgan fingerprint density at radius 2 is 0.800 bits per heavy atom. The van der Waals surface area contributed by atoms with Crippen LogP contribution < -0.4 is 0 Å². The summed E-state index contributed by atoms with van der Waals surface area (Å²) in [6.07, 6.45) is 0. The number of benzene rings is 8. The fraction of sp³-hybridized carbons (Fsp3) is 0. The smallest absolute Gasteiger partial charge is 0.135 e. The van der Waals surface area contributed by atoms with E-state index in [2.05, 4.69) is 6.07 Å². The summed E-state index contributed by atoms with van der Waals surface area (Å²) in [6, 6.07) is 20.7. The predicted molar refractivity (Wildman–Crippen MR) is 190 cm³/mol. The van der Waals surface area contributed by atoms with Crippen LogP contribution in [0.1, 0.15) is 17.8 Å². The first kappa shape index (κ1) is 15.7. The number of fused-ring (bicyclic) bond motifs is 5. The lowest BCUT2D eigenvalue weighted by Gasteiger charge is -2.17. The summed E-state index contributed by atoms with van der Waals surface area (Å²) in [5.41, 5.74) is 4.67. The molecule has 0 unspecified atom stereocenters. The summed E-state index contributed by atoms with van der Waals surface area (Å²) >= 11 is 0. The number of hydrogen-bond acceptors (Lipinski definition) is 1. The monoisotopic (exact) mass is 585 g/mol. The van der Waals surface area contributed by atoms with E-state index in [4.69, 9.17) is 16.8 Å². The van der Waals surface area contributed by atoms with Gasteiger partial charge in [-0.1, -0.05) is 139 Å². The molecule has 0 saturated heterocycles. The van der Waals surface area contributed by atoms with Crippen molar-refractivity contribution >= 4 is 43.5 Å². The van der Waals surface area contributed by atoms with Crippen molar-refractivity contribution in [2.75, 3.05) is 0 Å². The molecule has 0 N–H and O–H groups in total. The molecule has 0 aliphatic carbocycles. The molecule has 1 aromatic heterocycles. The van der Waals surface area contributed by atoms with Crippen LogP contribution in [-0.2, 0) is 0 Å². The van der Waals surface area contributed by atoms with Crippen molar-refractivity contribution in [1.82, 2.24) is 0 Å².